The normalized spacial score (nSPS) is 11.1. The average Bonchev–Trinajstić information content (AvgIpc) is 3.00. The second-order valence-electron chi connectivity index (χ2n) is 4.38. The Morgan fingerprint density at radius 2 is 2.35 bits per heavy atom. The van der Waals surface area contributed by atoms with Crippen molar-refractivity contribution >= 4 is 37.9 Å². The summed E-state index contributed by atoms with van der Waals surface area (Å²) in [5.41, 5.74) is 3.22. The maximum Gasteiger partial charge on any atom is 0.193 e. The van der Waals surface area contributed by atoms with Gasteiger partial charge in [-0.25, -0.2) is 4.98 Å². The monoisotopic (exact) mass is 351 g/mol. The van der Waals surface area contributed by atoms with Crippen molar-refractivity contribution in [3.63, 3.8) is 0 Å². The van der Waals surface area contributed by atoms with Crippen molar-refractivity contribution in [2.45, 2.75) is 13.2 Å². The molecule has 0 fully saturated rings. The maximum atomic E-state index is 5.25. The summed E-state index contributed by atoms with van der Waals surface area (Å²) in [6.07, 6.45) is 4.07. The van der Waals surface area contributed by atoms with Gasteiger partial charge in [-0.1, -0.05) is 22.0 Å². The number of anilines is 1. The third kappa shape index (κ3) is 2.72. The van der Waals surface area contributed by atoms with Crippen LogP contribution in [0.25, 0.3) is 4.96 Å². The molecule has 0 atom stereocenters. The Bertz CT molecular complexity index is 694. The summed E-state index contributed by atoms with van der Waals surface area (Å²) in [5.74, 6) is 0. The Hall–Kier alpha value is -1.37. The highest BCUT2D eigenvalue weighted by atomic mass is 79.9. The van der Waals surface area contributed by atoms with Crippen molar-refractivity contribution in [1.82, 2.24) is 9.38 Å². The van der Waals surface area contributed by atoms with E-state index in [1.165, 1.54) is 0 Å². The van der Waals surface area contributed by atoms with Crippen LogP contribution >= 0.6 is 27.3 Å². The zero-order valence-corrected chi connectivity index (χ0v) is 13.4. The lowest BCUT2D eigenvalue weighted by Crippen LogP contribution is -2.04. The van der Waals surface area contributed by atoms with Crippen molar-refractivity contribution in [3.05, 3.63) is 51.7 Å². The molecule has 0 aliphatic carbocycles. The van der Waals surface area contributed by atoms with Gasteiger partial charge < -0.3 is 10.1 Å². The summed E-state index contributed by atoms with van der Waals surface area (Å²) in [4.78, 5) is 5.58. The Kier molecular flexibility index (Phi) is 4.05. The van der Waals surface area contributed by atoms with Crippen LogP contribution in [0.1, 0.15) is 11.3 Å². The Morgan fingerprint density at radius 3 is 3.15 bits per heavy atom. The van der Waals surface area contributed by atoms with Crippen molar-refractivity contribution in [1.29, 1.82) is 0 Å². The zero-order valence-electron chi connectivity index (χ0n) is 11.0. The number of hydrogen-bond acceptors (Lipinski definition) is 4. The van der Waals surface area contributed by atoms with Crippen LogP contribution in [0.15, 0.2) is 40.4 Å². The minimum atomic E-state index is 0.571. The van der Waals surface area contributed by atoms with Gasteiger partial charge in [0.05, 0.1) is 18.8 Å². The summed E-state index contributed by atoms with van der Waals surface area (Å²) in [5, 5.41) is 5.46. The zero-order chi connectivity index (χ0) is 13.9. The number of aromatic nitrogens is 2. The van der Waals surface area contributed by atoms with E-state index in [1.54, 1.807) is 18.4 Å². The van der Waals surface area contributed by atoms with Gasteiger partial charge in [0, 0.05) is 40.6 Å². The molecule has 1 N–H and O–H groups in total. The fourth-order valence-electron chi connectivity index (χ4n) is 2.06. The van der Waals surface area contributed by atoms with Gasteiger partial charge in [-0.3, -0.25) is 4.40 Å². The molecule has 1 aromatic carbocycles. The third-order valence-electron chi connectivity index (χ3n) is 3.01. The molecule has 3 rings (SSSR count). The fourth-order valence-corrected chi connectivity index (χ4v) is 3.26. The van der Waals surface area contributed by atoms with Gasteiger partial charge in [0.1, 0.15) is 0 Å². The van der Waals surface area contributed by atoms with Crippen molar-refractivity contribution in [2.75, 3.05) is 12.4 Å². The summed E-state index contributed by atoms with van der Waals surface area (Å²) in [6, 6.07) is 6.08. The van der Waals surface area contributed by atoms with E-state index < -0.39 is 0 Å². The second-order valence-corrected chi connectivity index (χ2v) is 6.10. The first-order valence-corrected chi connectivity index (χ1v) is 7.86. The minimum absolute atomic E-state index is 0.571. The molecule has 0 amide bonds. The largest absolute Gasteiger partial charge is 0.380 e. The van der Waals surface area contributed by atoms with Crippen LogP contribution in [0, 0.1) is 0 Å². The molecule has 2 heterocycles. The first-order valence-electron chi connectivity index (χ1n) is 6.19. The number of imidazole rings is 1. The number of methoxy groups -OCH3 is 1. The van der Waals surface area contributed by atoms with E-state index >= 15 is 0 Å². The van der Waals surface area contributed by atoms with Crippen LogP contribution in [-0.2, 0) is 17.9 Å². The lowest BCUT2D eigenvalue weighted by atomic mass is 10.2. The first-order chi connectivity index (χ1) is 9.78. The molecular formula is C14H14BrN3OS. The van der Waals surface area contributed by atoms with Crippen molar-refractivity contribution < 1.29 is 4.74 Å². The van der Waals surface area contributed by atoms with Crippen LogP contribution in [0.3, 0.4) is 0 Å². The van der Waals surface area contributed by atoms with Crippen molar-refractivity contribution in [2.24, 2.45) is 0 Å². The number of nitrogens with zero attached hydrogens (tertiary/aromatic N) is 2. The molecule has 0 bridgehead atoms. The molecule has 104 valence electrons. The predicted molar refractivity (Wildman–Crippen MR) is 85.3 cm³/mol. The van der Waals surface area contributed by atoms with Gasteiger partial charge in [0.15, 0.2) is 4.96 Å². The van der Waals surface area contributed by atoms with Gasteiger partial charge in [0.2, 0.25) is 0 Å². The molecule has 20 heavy (non-hydrogen) atoms. The van der Waals surface area contributed by atoms with Gasteiger partial charge in [-0.15, -0.1) is 11.3 Å². The molecule has 0 unspecified atom stereocenters. The third-order valence-corrected chi connectivity index (χ3v) is 4.52. The lowest BCUT2D eigenvalue weighted by molar-refractivity contribution is 0.185. The van der Waals surface area contributed by atoms with Crippen molar-refractivity contribution in [3.8, 4) is 0 Å². The van der Waals surface area contributed by atoms with E-state index in [-0.39, 0.29) is 0 Å². The van der Waals surface area contributed by atoms with Crippen LogP contribution in [0.5, 0.6) is 0 Å². The average molecular weight is 352 g/mol. The molecule has 2 aromatic heterocycles. The van der Waals surface area contributed by atoms with E-state index in [9.17, 15) is 0 Å². The van der Waals surface area contributed by atoms with Gasteiger partial charge in [-0.2, -0.15) is 0 Å². The first kappa shape index (κ1) is 13.6. The molecule has 0 aliphatic heterocycles. The molecule has 0 saturated carbocycles. The Balaban J connectivity index is 1.77. The smallest absolute Gasteiger partial charge is 0.193 e. The number of thiazole rings is 1. The maximum absolute atomic E-state index is 5.25. The SMILES string of the molecule is COCc1c(Br)cccc1NCc1cn2ccsc2n1. The number of ether oxygens (including phenoxy) is 1. The molecule has 4 nitrogen and oxygen atoms in total. The summed E-state index contributed by atoms with van der Waals surface area (Å²) >= 11 is 5.20. The molecule has 0 spiro atoms. The summed E-state index contributed by atoms with van der Waals surface area (Å²) < 4.78 is 8.34. The highest BCUT2D eigenvalue weighted by molar-refractivity contribution is 9.10. The van der Waals surface area contributed by atoms with E-state index in [4.69, 9.17) is 4.74 Å². The molecular weight excluding hydrogens is 338 g/mol. The van der Waals surface area contributed by atoms with E-state index in [2.05, 4.69) is 32.3 Å². The molecule has 0 saturated heterocycles. The van der Waals surface area contributed by atoms with Crippen LogP contribution in [0.4, 0.5) is 5.69 Å². The summed E-state index contributed by atoms with van der Waals surface area (Å²) in [7, 11) is 1.70. The highest BCUT2D eigenvalue weighted by Gasteiger charge is 2.07. The number of benzene rings is 1. The molecule has 0 radical (unpaired) electrons. The van der Waals surface area contributed by atoms with Crippen LogP contribution in [0.2, 0.25) is 0 Å². The molecule has 0 aliphatic rings. The number of halogens is 1. The summed E-state index contributed by atoms with van der Waals surface area (Å²) in [6.45, 7) is 1.27. The van der Waals surface area contributed by atoms with Crippen LogP contribution in [-0.4, -0.2) is 16.5 Å². The number of nitrogens with one attached hydrogen (secondary N) is 1. The minimum Gasteiger partial charge on any atom is -0.380 e. The molecule has 6 heteroatoms. The van der Waals surface area contributed by atoms with Gasteiger partial charge >= 0.3 is 0 Å². The van der Waals surface area contributed by atoms with Crippen LogP contribution < -0.4 is 5.32 Å². The predicted octanol–water partition coefficient (Wildman–Crippen LogP) is 3.92. The quantitative estimate of drug-likeness (QED) is 0.757. The van der Waals surface area contributed by atoms with E-state index in [1.807, 2.05) is 34.3 Å². The topological polar surface area (TPSA) is 38.6 Å². The standard InChI is InChI=1S/C14H14BrN3OS/c1-19-9-11-12(15)3-2-4-13(11)16-7-10-8-18-5-6-20-14(18)17-10/h2-6,8,16H,7,9H2,1H3. The number of hydrogen-bond donors (Lipinski definition) is 1. The number of fused-ring (bicyclic) bond motifs is 1. The Labute approximate surface area is 129 Å². The Morgan fingerprint density at radius 1 is 1.45 bits per heavy atom. The highest BCUT2D eigenvalue weighted by Crippen LogP contribution is 2.26. The van der Waals surface area contributed by atoms with Gasteiger partial charge in [0.25, 0.3) is 0 Å². The van der Waals surface area contributed by atoms with E-state index in [0.29, 0.717) is 13.2 Å². The number of rotatable bonds is 5. The van der Waals surface area contributed by atoms with E-state index in [0.717, 1.165) is 26.4 Å². The lowest BCUT2D eigenvalue weighted by Gasteiger charge is -2.12. The molecule has 3 aromatic rings. The fraction of sp³-hybridized carbons (Fsp3) is 0.214. The van der Waals surface area contributed by atoms with Gasteiger partial charge in [-0.05, 0) is 12.1 Å². The second kappa shape index (κ2) is 5.95.